The van der Waals surface area contributed by atoms with Crippen LogP contribution in [0.2, 0.25) is 0 Å². The van der Waals surface area contributed by atoms with E-state index in [1.165, 1.54) is 0 Å². The number of halogens is 4. The Balaban J connectivity index is 2.12. The molecule has 0 aliphatic heterocycles. The minimum atomic E-state index is -4.08. The maximum absolute atomic E-state index is 12.9. The van der Waals surface area contributed by atoms with E-state index in [4.69, 9.17) is 0 Å². The molecule has 0 saturated heterocycles. The Labute approximate surface area is 131 Å². The zero-order valence-corrected chi connectivity index (χ0v) is 13.8. The average Bonchev–Trinajstić information content (AvgIpc) is 2.37. The van der Waals surface area contributed by atoms with Crippen molar-refractivity contribution < 1.29 is 13.2 Å². The van der Waals surface area contributed by atoms with Crippen LogP contribution in [0.1, 0.15) is 25.7 Å². The van der Waals surface area contributed by atoms with Gasteiger partial charge in [-0.25, -0.2) is 0 Å². The average molecular weight is 365 g/mol. The van der Waals surface area contributed by atoms with Gasteiger partial charge in [-0.1, -0.05) is 22.4 Å². The van der Waals surface area contributed by atoms with E-state index >= 15 is 0 Å². The highest BCUT2D eigenvalue weighted by Crippen LogP contribution is 2.39. The Hall–Kier alpha value is -0.910. The third-order valence-corrected chi connectivity index (χ3v) is 4.43. The molecule has 0 heterocycles. The number of nitrogens with zero attached hydrogens (tertiary/aromatic N) is 1. The monoisotopic (exact) mass is 364 g/mol. The van der Waals surface area contributed by atoms with E-state index in [9.17, 15) is 13.2 Å². The molecular weight excluding hydrogens is 345 g/mol. The molecule has 1 aromatic carbocycles. The number of benzene rings is 1. The fourth-order valence-corrected chi connectivity index (χ4v) is 3.21. The third-order valence-electron chi connectivity index (χ3n) is 3.94. The van der Waals surface area contributed by atoms with Gasteiger partial charge in [0.1, 0.15) is 0 Å². The topological polar surface area (TPSA) is 15.3 Å². The van der Waals surface area contributed by atoms with Crippen LogP contribution in [0.5, 0.6) is 0 Å². The van der Waals surface area contributed by atoms with Crippen molar-refractivity contribution in [3.05, 3.63) is 22.7 Å². The molecule has 2 nitrogen and oxygen atoms in total. The van der Waals surface area contributed by atoms with E-state index in [1.807, 2.05) is 37.2 Å². The SMILES string of the molecule is CN(C)c1ccc(Br)cc1NC1CCCC(C(F)(F)F)C1. The molecule has 0 amide bonds. The highest BCUT2D eigenvalue weighted by Gasteiger charge is 2.42. The van der Waals surface area contributed by atoms with E-state index in [0.29, 0.717) is 6.42 Å². The zero-order chi connectivity index (χ0) is 15.6. The van der Waals surface area contributed by atoms with Crippen LogP contribution in [0.4, 0.5) is 24.5 Å². The van der Waals surface area contributed by atoms with Crippen molar-refractivity contribution in [3.8, 4) is 0 Å². The van der Waals surface area contributed by atoms with Gasteiger partial charge >= 0.3 is 6.18 Å². The molecule has 0 spiro atoms. The lowest BCUT2D eigenvalue weighted by Crippen LogP contribution is -2.34. The fraction of sp³-hybridized carbons (Fsp3) is 0.600. The molecule has 1 N–H and O–H groups in total. The van der Waals surface area contributed by atoms with E-state index in [0.717, 1.165) is 22.3 Å². The van der Waals surface area contributed by atoms with E-state index in [-0.39, 0.29) is 18.9 Å². The first kappa shape index (κ1) is 16.5. The number of rotatable bonds is 3. The molecule has 2 unspecified atom stereocenters. The lowest BCUT2D eigenvalue weighted by molar-refractivity contribution is -0.182. The zero-order valence-electron chi connectivity index (χ0n) is 12.2. The van der Waals surface area contributed by atoms with Crippen LogP contribution in [0.25, 0.3) is 0 Å². The van der Waals surface area contributed by atoms with Crippen LogP contribution in [0.15, 0.2) is 22.7 Å². The highest BCUT2D eigenvalue weighted by atomic mass is 79.9. The summed E-state index contributed by atoms with van der Waals surface area (Å²) in [5, 5.41) is 3.30. The third kappa shape index (κ3) is 4.28. The Kier molecular flexibility index (Phi) is 5.07. The molecule has 0 bridgehead atoms. The molecule has 118 valence electrons. The van der Waals surface area contributed by atoms with E-state index < -0.39 is 12.1 Å². The first-order valence-corrected chi connectivity index (χ1v) is 7.87. The summed E-state index contributed by atoms with van der Waals surface area (Å²) in [4.78, 5) is 1.96. The van der Waals surface area contributed by atoms with Crippen molar-refractivity contribution >= 4 is 27.3 Å². The second kappa shape index (κ2) is 6.46. The predicted molar refractivity (Wildman–Crippen MR) is 83.9 cm³/mol. The first-order chi connectivity index (χ1) is 9.77. The van der Waals surface area contributed by atoms with Crippen LogP contribution in [-0.2, 0) is 0 Å². The quantitative estimate of drug-likeness (QED) is 0.807. The van der Waals surface area contributed by atoms with Crippen molar-refractivity contribution in [2.24, 2.45) is 5.92 Å². The second-order valence-corrected chi connectivity index (χ2v) is 6.72. The molecule has 0 aromatic heterocycles. The Morgan fingerprint density at radius 1 is 1.24 bits per heavy atom. The van der Waals surface area contributed by atoms with Crippen LogP contribution < -0.4 is 10.2 Å². The lowest BCUT2D eigenvalue weighted by atomic mass is 9.85. The summed E-state index contributed by atoms with van der Waals surface area (Å²) in [6, 6.07) is 5.68. The summed E-state index contributed by atoms with van der Waals surface area (Å²) >= 11 is 3.42. The molecule has 1 saturated carbocycles. The number of nitrogens with one attached hydrogen (secondary N) is 1. The highest BCUT2D eigenvalue weighted by molar-refractivity contribution is 9.10. The molecule has 1 aliphatic carbocycles. The van der Waals surface area contributed by atoms with Crippen LogP contribution in [0.3, 0.4) is 0 Å². The smallest absolute Gasteiger partial charge is 0.381 e. The number of anilines is 2. The molecule has 1 aromatic rings. The maximum Gasteiger partial charge on any atom is 0.391 e. The van der Waals surface area contributed by atoms with Gasteiger partial charge in [-0.3, -0.25) is 0 Å². The van der Waals surface area contributed by atoms with Gasteiger partial charge in [0, 0.05) is 24.6 Å². The molecule has 0 radical (unpaired) electrons. The van der Waals surface area contributed by atoms with Crippen molar-refractivity contribution in [2.45, 2.75) is 37.9 Å². The van der Waals surface area contributed by atoms with Gasteiger partial charge in [0.15, 0.2) is 0 Å². The van der Waals surface area contributed by atoms with Crippen molar-refractivity contribution in [1.29, 1.82) is 0 Å². The molecule has 1 aliphatic rings. The number of hydrogen-bond acceptors (Lipinski definition) is 2. The molecule has 21 heavy (non-hydrogen) atoms. The summed E-state index contributed by atoms with van der Waals surface area (Å²) in [5.41, 5.74) is 1.86. The normalized spacial score (nSPS) is 23.0. The van der Waals surface area contributed by atoms with Gasteiger partial charge < -0.3 is 10.2 Å². The summed E-state index contributed by atoms with van der Waals surface area (Å²) in [7, 11) is 3.85. The Bertz CT molecular complexity index is 488. The lowest BCUT2D eigenvalue weighted by Gasteiger charge is -2.32. The van der Waals surface area contributed by atoms with E-state index in [2.05, 4.69) is 21.2 Å². The minimum absolute atomic E-state index is 0.127. The van der Waals surface area contributed by atoms with Crippen molar-refractivity contribution in [3.63, 3.8) is 0 Å². The Morgan fingerprint density at radius 3 is 2.57 bits per heavy atom. The summed E-state index contributed by atoms with van der Waals surface area (Å²) in [5.74, 6) is -1.18. The predicted octanol–water partition coefficient (Wildman–Crippen LogP) is 5.05. The molecular formula is C15H20BrF3N2. The fourth-order valence-electron chi connectivity index (χ4n) is 2.85. The van der Waals surface area contributed by atoms with Crippen LogP contribution in [-0.4, -0.2) is 26.3 Å². The molecule has 6 heteroatoms. The van der Waals surface area contributed by atoms with E-state index in [1.54, 1.807) is 0 Å². The standard InChI is InChI=1S/C15H20BrF3N2/c1-21(2)14-7-6-11(16)9-13(14)20-12-5-3-4-10(8-12)15(17,18)19/h6-7,9-10,12,20H,3-5,8H2,1-2H3. The summed E-state index contributed by atoms with van der Waals surface area (Å²) in [6.07, 6.45) is -2.27. The molecule has 2 atom stereocenters. The van der Waals surface area contributed by atoms with Gasteiger partial charge in [-0.05, 0) is 37.5 Å². The molecule has 2 rings (SSSR count). The number of hydrogen-bond donors (Lipinski definition) is 1. The molecule has 1 fully saturated rings. The summed E-state index contributed by atoms with van der Waals surface area (Å²) < 4.78 is 39.6. The van der Waals surface area contributed by atoms with Gasteiger partial charge in [0.25, 0.3) is 0 Å². The maximum atomic E-state index is 12.9. The Morgan fingerprint density at radius 2 is 1.95 bits per heavy atom. The largest absolute Gasteiger partial charge is 0.391 e. The van der Waals surface area contributed by atoms with Gasteiger partial charge in [-0.2, -0.15) is 13.2 Å². The van der Waals surface area contributed by atoms with Crippen molar-refractivity contribution in [1.82, 2.24) is 0 Å². The minimum Gasteiger partial charge on any atom is -0.381 e. The first-order valence-electron chi connectivity index (χ1n) is 7.07. The van der Waals surface area contributed by atoms with Crippen LogP contribution in [0, 0.1) is 5.92 Å². The second-order valence-electron chi connectivity index (χ2n) is 5.80. The van der Waals surface area contributed by atoms with Crippen molar-refractivity contribution in [2.75, 3.05) is 24.3 Å². The van der Waals surface area contributed by atoms with Gasteiger partial charge in [0.2, 0.25) is 0 Å². The van der Waals surface area contributed by atoms with Crippen LogP contribution >= 0.6 is 15.9 Å². The number of alkyl halides is 3. The summed E-state index contributed by atoms with van der Waals surface area (Å²) in [6.45, 7) is 0. The van der Waals surface area contributed by atoms with Gasteiger partial charge in [0.05, 0.1) is 17.3 Å². The van der Waals surface area contributed by atoms with Gasteiger partial charge in [-0.15, -0.1) is 0 Å².